The van der Waals surface area contributed by atoms with Crippen LogP contribution in [0.5, 0.6) is 0 Å². The summed E-state index contributed by atoms with van der Waals surface area (Å²) in [6.45, 7) is 0. The quantitative estimate of drug-likeness (QED) is 0.449. The van der Waals surface area contributed by atoms with E-state index < -0.39 is 5.82 Å². The zero-order valence-corrected chi connectivity index (χ0v) is 7.58. The third-order valence-electron chi connectivity index (χ3n) is 1.24. The molecule has 0 aromatic heterocycles. The average Bonchev–Trinajstić information content (AvgIpc) is 2.08. The van der Waals surface area contributed by atoms with Crippen molar-refractivity contribution in [3.63, 3.8) is 0 Å². The summed E-state index contributed by atoms with van der Waals surface area (Å²) in [5.74, 6) is 4.81. The van der Waals surface area contributed by atoms with Gasteiger partial charge in [0.2, 0.25) is 0 Å². The minimum Gasteiger partial charge on any atom is -0.204 e. The van der Waals surface area contributed by atoms with Crippen LogP contribution >= 0.6 is 23.2 Å². The molecule has 0 amide bonds. The Labute approximate surface area is 80.3 Å². The molecule has 1 rings (SSSR count). The van der Waals surface area contributed by atoms with Gasteiger partial charge in [0.1, 0.15) is 0 Å². The van der Waals surface area contributed by atoms with Gasteiger partial charge in [-0.15, -0.1) is 11.6 Å². The third-order valence-corrected chi connectivity index (χ3v) is 1.67. The summed E-state index contributed by atoms with van der Waals surface area (Å²) in [5.41, 5.74) is 0.281. The lowest BCUT2D eigenvalue weighted by atomic mass is 10.2. The van der Waals surface area contributed by atoms with E-state index in [1.807, 2.05) is 0 Å². The number of rotatable bonds is 0. The first-order valence-corrected chi connectivity index (χ1v) is 4.16. The average molecular weight is 203 g/mol. The summed E-state index contributed by atoms with van der Waals surface area (Å²) >= 11 is 10.8. The van der Waals surface area contributed by atoms with Gasteiger partial charge in [0.25, 0.3) is 0 Å². The number of halogens is 3. The standard InChI is InChI=1S/C9H5Cl2F/c10-6-2-4-7-3-1-5-8(11)9(7)12/h1,3,5H,6H2. The first kappa shape index (κ1) is 9.38. The van der Waals surface area contributed by atoms with Gasteiger partial charge in [-0.3, -0.25) is 0 Å². The maximum absolute atomic E-state index is 13.0. The fourth-order valence-corrected chi connectivity index (χ4v) is 0.970. The zero-order chi connectivity index (χ0) is 8.97. The highest BCUT2D eigenvalue weighted by atomic mass is 35.5. The Morgan fingerprint density at radius 2 is 2.17 bits per heavy atom. The second-order valence-corrected chi connectivity index (χ2v) is 2.71. The molecule has 0 nitrogen and oxygen atoms in total. The predicted molar refractivity (Wildman–Crippen MR) is 49.0 cm³/mol. The summed E-state index contributed by atoms with van der Waals surface area (Å²) < 4.78 is 13.0. The highest BCUT2D eigenvalue weighted by molar-refractivity contribution is 6.30. The lowest BCUT2D eigenvalue weighted by Gasteiger charge is -1.94. The van der Waals surface area contributed by atoms with Gasteiger partial charge in [-0.2, -0.15) is 0 Å². The highest BCUT2D eigenvalue weighted by Gasteiger charge is 2.01. The Morgan fingerprint density at radius 1 is 1.42 bits per heavy atom. The van der Waals surface area contributed by atoms with E-state index in [4.69, 9.17) is 23.2 Å². The van der Waals surface area contributed by atoms with Crippen LogP contribution in [-0.4, -0.2) is 5.88 Å². The van der Waals surface area contributed by atoms with Crippen LogP contribution in [0.2, 0.25) is 5.02 Å². The van der Waals surface area contributed by atoms with Crippen molar-refractivity contribution in [1.82, 2.24) is 0 Å². The number of alkyl halides is 1. The van der Waals surface area contributed by atoms with E-state index in [0.29, 0.717) is 0 Å². The molecule has 0 fully saturated rings. The molecule has 1 aromatic rings. The van der Waals surface area contributed by atoms with Crippen molar-refractivity contribution in [3.05, 3.63) is 34.6 Å². The molecule has 0 unspecified atom stereocenters. The van der Waals surface area contributed by atoms with Gasteiger partial charge in [0.05, 0.1) is 16.5 Å². The minimum absolute atomic E-state index is 0.0800. The molecule has 0 saturated heterocycles. The van der Waals surface area contributed by atoms with Crippen LogP contribution in [0.15, 0.2) is 18.2 Å². The van der Waals surface area contributed by atoms with Crippen LogP contribution < -0.4 is 0 Å². The van der Waals surface area contributed by atoms with E-state index in [1.165, 1.54) is 6.07 Å². The lowest BCUT2D eigenvalue weighted by molar-refractivity contribution is 0.625. The summed E-state index contributed by atoms with van der Waals surface area (Å²) in [7, 11) is 0. The van der Waals surface area contributed by atoms with E-state index >= 15 is 0 Å². The second kappa shape index (κ2) is 4.35. The normalized spacial score (nSPS) is 8.92. The molecule has 0 aliphatic carbocycles. The molecule has 0 saturated carbocycles. The molecule has 0 aliphatic heterocycles. The van der Waals surface area contributed by atoms with Crippen LogP contribution in [0.3, 0.4) is 0 Å². The van der Waals surface area contributed by atoms with Crippen molar-refractivity contribution in [2.24, 2.45) is 0 Å². The van der Waals surface area contributed by atoms with Gasteiger partial charge < -0.3 is 0 Å². The Kier molecular flexibility index (Phi) is 3.40. The zero-order valence-electron chi connectivity index (χ0n) is 6.07. The van der Waals surface area contributed by atoms with Crippen LogP contribution in [0.4, 0.5) is 4.39 Å². The van der Waals surface area contributed by atoms with Crippen LogP contribution in [0.25, 0.3) is 0 Å². The number of benzene rings is 1. The summed E-state index contributed by atoms with van der Waals surface area (Å²) in [6, 6.07) is 4.67. The van der Waals surface area contributed by atoms with Crippen molar-refractivity contribution < 1.29 is 4.39 Å². The molecule has 3 heteroatoms. The maximum Gasteiger partial charge on any atom is 0.157 e. The van der Waals surface area contributed by atoms with Crippen molar-refractivity contribution in [1.29, 1.82) is 0 Å². The first-order chi connectivity index (χ1) is 5.75. The summed E-state index contributed by atoms with van der Waals surface area (Å²) in [4.78, 5) is 0. The van der Waals surface area contributed by atoms with Gasteiger partial charge in [-0.05, 0) is 12.1 Å². The highest BCUT2D eigenvalue weighted by Crippen LogP contribution is 2.16. The summed E-state index contributed by atoms with van der Waals surface area (Å²) in [6.07, 6.45) is 0. The van der Waals surface area contributed by atoms with Crippen molar-refractivity contribution in [2.75, 3.05) is 5.88 Å². The van der Waals surface area contributed by atoms with E-state index in [2.05, 4.69) is 11.8 Å². The molecule has 0 spiro atoms. The Morgan fingerprint density at radius 3 is 2.83 bits per heavy atom. The van der Waals surface area contributed by atoms with Crippen LogP contribution in [-0.2, 0) is 0 Å². The van der Waals surface area contributed by atoms with Crippen molar-refractivity contribution in [2.45, 2.75) is 0 Å². The first-order valence-electron chi connectivity index (χ1n) is 3.24. The number of hydrogen-bond donors (Lipinski definition) is 0. The molecular weight excluding hydrogens is 198 g/mol. The van der Waals surface area contributed by atoms with Gasteiger partial charge >= 0.3 is 0 Å². The van der Waals surface area contributed by atoms with Gasteiger partial charge in [-0.25, -0.2) is 4.39 Å². The molecule has 62 valence electrons. The Bertz CT molecular complexity index is 336. The molecule has 0 aliphatic rings. The fourth-order valence-electron chi connectivity index (χ4n) is 0.729. The molecule has 0 atom stereocenters. The SMILES string of the molecule is Fc1c(Cl)cccc1C#CCCl. The third kappa shape index (κ3) is 2.14. The number of hydrogen-bond acceptors (Lipinski definition) is 0. The molecule has 0 bridgehead atoms. The molecule has 1 aromatic carbocycles. The summed E-state index contributed by atoms with van der Waals surface area (Å²) in [5, 5.41) is 0.0800. The van der Waals surface area contributed by atoms with E-state index in [0.717, 1.165) is 0 Å². The fraction of sp³-hybridized carbons (Fsp3) is 0.111. The maximum atomic E-state index is 13.0. The Hall–Kier alpha value is -0.710. The largest absolute Gasteiger partial charge is 0.204 e. The second-order valence-electron chi connectivity index (χ2n) is 2.04. The van der Waals surface area contributed by atoms with Gasteiger partial charge in [0.15, 0.2) is 5.82 Å². The molecule has 0 heterocycles. The van der Waals surface area contributed by atoms with E-state index in [-0.39, 0.29) is 16.5 Å². The topological polar surface area (TPSA) is 0 Å². The predicted octanol–water partition coefficient (Wildman–Crippen LogP) is 3.07. The lowest BCUT2D eigenvalue weighted by Crippen LogP contribution is -1.83. The van der Waals surface area contributed by atoms with E-state index in [9.17, 15) is 4.39 Å². The van der Waals surface area contributed by atoms with Crippen molar-refractivity contribution in [3.8, 4) is 11.8 Å². The van der Waals surface area contributed by atoms with E-state index in [1.54, 1.807) is 12.1 Å². The Balaban J connectivity index is 3.08. The van der Waals surface area contributed by atoms with Gasteiger partial charge in [0, 0.05) is 0 Å². The molecule has 0 N–H and O–H groups in total. The molecular formula is C9H5Cl2F. The van der Waals surface area contributed by atoms with Crippen LogP contribution in [0.1, 0.15) is 5.56 Å². The smallest absolute Gasteiger partial charge is 0.157 e. The molecule has 0 radical (unpaired) electrons. The van der Waals surface area contributed by atoms with Crippen LogP contribution in [0, 0.1) is 17.7 Å². The van der Waals surface area contributed by atoms with Crippen molar-refractivity contribution >= 4 is 23.2 Å². The monoisotopic (exact) mass is 202 g/mol. The molecule has 12 heavy (non-hydrogen) atoms. The minimum atomic E-state index is -0.489. The van der Waals surface area contributed by atoms with Gasteiger partial charge in [-0.1, -0.05) is 29.5 Å².